The van der Waals surface area contributed by atoms with Crippen molar-refractivity contribution in [2.24, 2.45) is 0 Å². The minimum absolute atomic E-state index is 0.0663. The first kappa shape index (κ1) is 19.2. The van der Waals surface area contributed by atoms with E-state index in [-0.39, 0.29) is 41.8 Å². The third-order valence-electron chi connectivity index (χ3n) is 4.18. The molecule has 0 saturated heterocycles. The number of carbonyl (C=O) groups excluding carboxylic acids is 1. The van der Waals surface area contributed by atoms with Crippen molar-refractivity contribution in [3.63, 3.8) is 0 Å². The van der Waals surface area contributed by atoms with Crippen LogP contribution in [0.25, 0.3) is 22.7 Å². The summed E-state index contributed by atoms with van der Waals surface area (Å²) in [7, 11) is 0. The van der Waals surface area contributed by atoms with Crippen molar-refractivity contribution < 1.29 is 22.5 Å². The van der Waals surface area contributed by atoms with E-state index in [9.17, 15) is 18.4 Å². The van der Waals surface area contributed by atoms with Gasteiger partial charge in [0.05, 0.1) is 11.8 Å². The van der Waals surface area contributed by atoms with Crippen LogP contribution in [0.1, 0.15) is 12.3 Å². The summed E-state index contributed by atoms with van der Waals surface area (Å²) in [5, 5.41) is 6.32. The normalized spacial score (nSPS) is 10.9. The van der Waals surface area contributed by atoms with Crippen LogP contribution in [0.15, 0.2) is 62.4 Å². The molecule has 0 spiro atoms. The SMILES string of the molecule is O=C(CCc1ncc(-c2ccc(F)cc2F)o1)Nc1cccc(-c2noc(=O)[nH]2)c1. The van der Waals surface area contributed by atoms with Crippen LogP contribution in [-0.2, 0) is 11.2 Å². The molecule has 0 aliphatic heterocycles. The van der Waals surface area contributed by atoms with Crippen molar-refractivity contribution in [2.45, 2.75) is 12.8 Å². The zero-order valence-electron chi connectivity index (χ0n) is 15.3. The summed E-state index contributed by atoms with van der Waals surface area (Å²) in [5.41, 5.74) is 1.16. The van der Waals surface area contributed by atoms with Crippen molar-refractivity contribution in [3.8, 4) is 22.7 Å². The zero-order chi connectivity index (χ0) is 21.1. The van der Waals surface area contributed by atoms with E-state index in [4.69, 9.17) is 4.42 Å². The second kappa shape index (κ2) is 8.11. The van der Waals surface area contributed by atoms with Crippen LogP contribution in [0.2, 0.25) is 0 Å². The molecule has 0 aliphatic rings. The largest absolute Gasteiger partial charge is 0.441 e. The van der Waals surface area contributed by atoms with Crippen LogP contribution in [0.5, 0.6) is 0 Å². The molecule has 0 bridgehead atoms. The maximum absolute atomic E-state index is 13.8. The van der Waals surface area contributed by atoms with Gasteiger partial charge in [0.25, 0.3) is 0 Å². The Kier molecular flexibility index (Phi) is 5.21. The van der Waals surface area contributed by atoms with Gasteiger partial charge in [-0.25, -0.2) is 18.6 Å². The molecule has 4 aromatic rings. The van der Waals surface area contributed by atoms with Gasteiger partial charge in [-0.3, -0.25) is 14.3 Å². The Bertz CT molecular complexity index is 1260. The van der Waals surface area contributed by atoms with E-state index in [1.165, 1.54) is 12.3 Å². The van der Waals surface area contributed by atoms with Gasteiger partial charge in [-0.15, -0.1) is 0 Å². The summed E-state index contributed by atoms with van der Waals surface area (Å²) in [4.78, 5) is 29.8. The maximum atomic E-state index is 13.8. The number of H-pyrrole nitrogens is 1. The molecule has 2 aromatic carbocycles. The minimum Gasteiger partial charge on any atom is -0.441 e. The van der Waals surface area contributed by atoms with E-state index < -0.39 is 17.4 Å². The van der Waals surface area contributed by atoms with E-state index in [1.807, 2.05) is 0 Å². The van der Waals surface area contributed by atoms with Crippen molar-refractivity contribution in [2.75, 3.05) is 5.32 Å². The fourth-order valence-electron chi connectivity index (χ4n) is 2.78. The highest BCUT2D eigenvalue weighted by atomic mass is 19.1. The fraction of sp³-hybridized carbons (Fsp3) is 0.100. The molecule has 0 unspecified atom stereocenters. The second-order valence-electron chi connectivity index (χ2n) is 6.32. The number of anilines is 1. The van der Waals surface area contributed by atoms with Gasteiger partial charge in [0.15, 0.2) is 17.5 Å². The van der Waals surface area contributed by atoms with E-state index in [0.29, 0.717) is 11.3 Å². The third kappa shape index (κ3) is 4.32. The topological polar surface area (TPSA) is 114 Å². The first-order valence-corrected chi connectivity index (χ1v) is 8.84. The first-order valence-electron chi connectivity index (χ1n) is 8.84. The quantitative estimate of drug-likeness (QED) is 0.501. The molecule has 0 fully saturated rings. The molecule has 2 heterocycles. The van der Waals surface area contributed by atoms with Gasteiger partial charge in [-0.1, -0.05) is 17.3 Å². The molecule has 30 heavy (non-hydrogen) atoms. The second-order valence-corrected chi connectivity index (χ2v) is 6.32. The van der Waals surface area contributed by atoms with Gasteiger partial charge in [-0.2, -0.15) is 0 Å². The molecular weight excluding hydrogens is 398 g/mol. The van der Waals surface area contributed by atoms with Crippen LogP contribution in [0.4, 0.5) is 14.5 Å². The molecule has 4 rings (SSSR count). The molecule has 10 heteroatoms. The third-order valence-corrected chi connectivity index (χ3v) is 4.18. The number of aromatic amines is 1. The molecule has 0 atom stereocenters. The van der Waals surface area contributed by atoms with Crippen LogP contribution in [0.3, 0.4) is 0 Å². The Morgan fingerprint density at radius 2 is 2.03 bits per heavy atom. The summed E-state index contributed by atoms with van der Waals surface area (Å²) >= 11 is 0. The van der Waals surface area contributed by atoms with Crippen molar-refractivity contribution in [1.82, 2.24) is 15.1 Å². The lowest BCUT2D eigenvalue weighted by atomic mass is 10.2. The summed E-state index contributed by atoms with van der Waals surface area (Å²) in [6, 6.07) is 9.84. The van der Waals surface area contributed by atoms with Gasteiger partial charge in [0, 0.05) is 30.2 Å². The van der Waals surface area contributed by atoms with E-state index >= 15 is 0 Å². The Hall–Kier alpha value is -4.08. The molecule has 0 radical (unpaired) electrons. The van der Waals surface area contributed by atoms with Crippen molar-refractivity contribution >= 4 is 11.6 Å². The molecule has 8 nitrogen and oxygen atoms in total. The Labute approximate surface area is 167 Å². The predicted octanol–water partition coefficient (Wildman–Crippen LogP) is 3.53. The summed E-state index contributed by atoms with van der Waals surface area (Å²) in [5.74, 6) is -1.78. The maximum Gasteiger partial charge on any atom is 0.439 e. The summed E-state index contributed by atoms with van der Waals surface area (Å²) in [6.45, 7) is 0. The Balaban J connectivity index is 1.38. The van der Waals surface area contributed by atoms with Gasteiger partial charge < -0.3 is 9.73 Å². The molecule has 0 saturated carbocycles. The number of aromatic nitrogens is 3. The van der Waals surface area contributed by atoms with Crippen LogP contribution >= 0.6 is 0 Å². The number of carbonyl (C=O) groups is 1. The summed E-state index contributed by atoms with van der Waals surface area (Å²) in [6.07, 6.45) is 1.58. The van der Waals surface area contributed by atoms with Crippen LogP contribution < -0.4 is 11.1 Å². The lowest BCUT2D eigenvalue weighted by molar-refractivity contribution is -0.116. The van der Waals surface area contributed by atoms with Gasteiger partial charge in [-0.05, 0) is 24.3 Å². The number of nitrogens with one attached hydrogen (secondary N) is 2. The lowest BCUT2D eigenvalue weighted by Crippen LogP contribution is -2.12. The number of aryl methyl sites for hydroxylation is 1. The number of hydrogen-bond acceptors (Lipinski definition) is 6. The highest BCUT2D eigenvalue weighted by molar-refractivity contribution is 5.91. The average molecular weight is 412 g/mol. The monoisotopic (exact) mass is 412 g/mol. The minimum atomic E-state index is -0.760. The number of halogens is 2. The zero-order valence-corrected chi connectivity index (χ0v) is 15.3. The number of hydrogen-bond donors (Lipinski definition) is 2. The molecule has 2 aromatic heterocycles. The number of oxazole rings is 1. The smallest absolute Gasteiger partial charge is 0.439 e. The lowest BCUT2D eigenvalue weighted by Gasteiger charge is -2.05. The predicted molar refractivity (Wildman–Crippen MR) is 101 cm³/mol. The highest BCUT2D eigenvalue weighted by Gasteiger charge is 2.13. The van der Waals surface area contributed by atoms with E-state index in [0.717, 1.165) is 12.1 Å². The van der Waals surface area contributed by atoms with Gasteiger partial charge >= 0.3 is 5.76 Å². The van der Waals surface area contributed by atoms with Crippen molar-refractivity contribution in [1.29, 1.82) is 0 Å². The number of amides is 1. The van der Waals surface area contributed by atoms with Gasteiger partial charge in [0.1, 0.15) is 11.6 Å². The molecular formula is C20H14F2N4O4. The van der Waals surface area contributed by atoms with E-state index in [1.54, 1.807) is 24.3 Å². The number of nitrogens with zero attached hydrogens (tertiary/aromatic N) is 2. The van der Waals surface area contributed by atoms with E-state index in [2.05, 4.69) is 25.0 Å². The van der Waals surface area contributed by atoms with Crippen LogP contribution in [0, 0.1) is 11.6 Å². The van der Waals surface area contributed by atoms with Crippen molar-refractivity contribution in [3.05, 3.63) is 76.7 Å². The summed E-state index contributed by atoms with van der Waals surface area (Å²) < 4.78 is 36.8. The Morgan fingerprint density at radius 1 is 1.17 bits per heavy atom. The Morgan fingerprint density at radius 3 is 2.80 bits per heavy atom. The molecule has 1 amide bonds. The molecule has 152 valence electrons. The van der Waals surface area contributed by atoms with Crippen LogP contribution in [-0.4, -0.2) is 21.0 Å². The molecule has 0 aliphatic carbocycles. The highest BCUT2D eigenvalue weighted by Crippen LogP contribution is 2.25. The average Bonchev–Trinajstić information content (AvgIpc) is 3.36. The number of benzene rings is 2. The molecule has 2 N–H and O–H groups in total. The van der Waals surface area contributed by atoms with Gasteiger partial charge in [0.2, 0.25) is 5.91 Å². The standard InChI is InChI=1S/C20H14F2N4O4/c21-12-4-5-14(15(22)9-12)16-10-23-18(29-16)7-6-17(27)24-13-3-1-2-11(8-13)19-25-20(28)30-26-19/h1-5,8-10H,6-7H2,(H,24,27)(H,25,26,28). The fourth-order valence-corrected chi connectivity index (χ4v) is 2.78. The number of rotatable bonds is 6. The first-order chi connectivity index (χ1) is 14.5.